The third-order valence-corrected chi connectivity index (χ3v) is 3.69. The summed E-state index contributed by atoms with van der Waals surface area (Å²) in [6, 6.07) is 4.69. The van der Waals surface area contributed by atoms with Crippen LogP contribution in [0.5, 0.6) is 0 Å². The lowest BCUT2D eigenvalue weighted by atomic mass is 10.1. The van der Waals surface area contributed by atoms with E-state index in [1.807, 2.05) is 4.68 Å². The van der Waals surface area contributed by atoms with Crippen molar-refractivity contribution in [3.63, 3.8) is 0 Å². The molecule has 2 nitrogen and oxygen atoms in total. The van der Waals surface area contributed by atoms with E-state index in [1.54, 1.807) is 12.1 Å². The smallest absolute Gasteiger partial charge is 0.123 e. The summed E-state index contributed by atoms with van der Waals surface area (Å²) in [4.78, 5) is 0. The van der Waals surface area contributed by atoms with Crippen molar-refractivity contribution in [2.75, 3.05) is 0 Å². The zero-order valence-electron chi connectivity index (χ0n) is 11.9. The van der Waals surface area contributed by atoms with Crippen LogP contribution >= 0.6 is 0 Å². The third-order valence-electron chi connectivity index (χ3n) is 3.69. The highest BCUT2D eigenvalue weighted by Crippen LogP contribution is 2.22. The van der Waals surface area contributed by atoms with E-state index >= 15 is 0 Å². The molecule has 1 N–H and O–H groups in total. The normalized spacial score (nSPS) is 13.3. The first kappa shape index (κ1) is 13.5. The number of allylic oxidation sites excluding steroid dienone is 3. The number of fused-ring (bicyclic) bond motifs is 1. The van der Waals surface area contributed by atoms with Crippen molar-refractivity contribution in [3.05, 3.63) is 76.6 Å². The van der Waals surface area contributed by atoms with E-state index < -0.39 is 0 Å². The molecule has 0 fully saturated rings. The molecule has 1 aromatic carbocycles. The van der Waals surface area contributed by atoms with Crippen molar-refractivity contribution >= 4 is 12.2 Å². The molecule has 21 heavy (non-hydrogen) atoms. The van der Waals surface area contributed by atoms with Crippen LogP contribution in [0.4, 0.5) is 4.39 Å². The lowest BCUT2D eigenvalue weighted by molar-refractivity contribution is 0.572. The average Bonchev–Trinajstić information content (AvgIpc) is 2.58. The number of rotatable bonds is 3. The topological polar surface area (TPSA) is 20.7 Å². The molecule has 1 radical (unpaired) electrons. The van der Waals surface area contributed by atoms with Gasteiger partial charge in [0, 0.05) is 6.42 Å². The van der Waals surface area contributed by atoms with Crippen molar-refractivity contribution in [2.24, 2.45) is 0 Å². The Hall–Kier alpha value is -2.51. The minimum Gasteiger partial charge on any atom is -0.296 e. The highest BCUT2D eigenvalue weighted by molar-refractivity contribution is 5.56. The van der Waals surface area contributed by atoms with Gasteiger partial charge in [-0.1, -0.05) is 23.8 Å². The zero-order valence-corrected chi connectivity index (χ0v) is 11.9. The highest BCUT2D eigenvalue weighted by Gasteiger charge is 2.14. The number of aromatic amines is 1. The van der Waals surface area contributed by atoms with Gasteiger partial charge >= 0.3 is 0 Å². The van der Waals surface area contributed by atoms with Gasteiger partial charge in [0.15, 0.2) is 0 Å². The van der Waals surface area contributed by atoms with E-state index in [0.717, 1.165) is 23.2 Å². The van der Waals surface area contributed by atoms with Crippen LogP contribution in [0.25, 0.3) is 12.2 Å². The van der Waals surface area contributed by atoms with Crippen LogP contribution in [0.3, 0.4) is 0 Å². The maximum Gasteiger partial charge on any atom is 0.123 e. The van der Waals surface area contributed by atoms with Crippen LogP contribution in [-0.2, 0) is 13.0 Å². The van der Waals surface area contributed by atoms with E-state index in [2.05, 4.69) is 36.0 Å². The number of nitrogens with one attached hydrogen (secondary N) is 1. The standard InChI is InChI=1S/C18H16FN2/c1-3-4-14-7-8-16(19)11-15(14)12-21-18-10-6-13(2)5-9-17(18)20-21/h1,4-9,11,20H,10,12H2,2H3. The second-order valence-corrected chi connectivity index (χ2v) is 5.20. The number of halogens is 1. The Labute approximate surface area is 123 Å². The number of H-pyrrole nitrogens is 1. The van der Waals surface area contributed by atoms with E-state index in [9.17, 15) is 4.39 Å². The summed E-state index contributed by atoms with van der Waals surface area (Å²) in [6.07, 6.45) is 8.90. The largest absolute Gasteiger partial charge is 0.296 e. The molecule has 0 amide bonds. The minimum atomic E-state index is -0.245. The predicted molar refractivity (Wildman–Crippen MR) is 83.1 cm³/mol. The molecule has 0 atom stereocenters. The molecule has 0 spiro atoms. The molecule has 0 saturated heterocycles. The molecule has 0 unspecified atom stereocenters. The average molecular weight is 279 g/mol. The van der Waals surface area contributed by atoms with Crippen molar-refractivity contribution in [2.45, 2.75) is 19.9 Å². The summed E-state index contributed by atoms with van der Waals surface area (Å²) < 4.78 is 15.5. The SMILES string of the molecule is [CH]=C=Cc1ccc(F)cc1Cn1[nH]c2c1CC=C(C)C=C2. The first-order valence-electron chi connectivity index (χ1n) is 6.87. The zero-order chi connectivity index (χ0) is 14.8. The molecule has 2 aromatic rings. The molecule has 1 aliphatic carbocycles. The monoisotopic (exact) mass is 279 g/mol. The fourth-order valence-corrected chi connectivity index (χ4v) is 2.51. The van der Waals surface area contributed by atoms with Crippen molar-refractivity contribution < 1.29 is 4.39 Å². The molecule has 1 heterocycles. The maximum atomic E-state index is 13.5. The second-order valence-electron chi connectivity index (χ2n) is 5.20. The molecule has 0 aliphatic heterocycles. The summed E-state index contributed by atoms with van der Waals surface area (Å²) in [7, 11) is 0. The van der Waals surface area contributed by atoms with Crippen LogP contribution in [0.2, 0.25) is 0 Å². The first-order valence-corrected chi connectivity index (χ1v) is 6.87. The molecule has 1 aromatic heterocycles. The maximum absolute atomic E-state index is 13.5. The van der Waals surface area contributed by atoms with Crippen molar-refractivity contribution in [3.8, 4) is 0 Å². The fourth-order valence-electron chi connectivity index (χ4n) is 2.51. The van der Waals surface area contributed by atoms with Crippen LogP contribution in [0.15, 0.2) is 41.7 Å². The highest BCUT2D eigenvalue weighted by atomic mass is 19.1. The summed E-state index contributed by atoms with van der Waals surface area (Å²) in [5.74, 6) is -0.245. The van der Waals surface area contributed by atoms with Crippen LogP contribution in [-0.4, -0.2) is 9.78 Å². The van der Waals surface area contributed by atoms with Crippen molar-refractivity contribution in [1.82, 2.24) is 9.78 Å². The van der Waals surface area contributed by atoms with Crippen molar-refractivity contribution in [1.29, 1.82) is 0 Å². The number of aromatic nitrogens is 2. The van der Waals surface area contributed by atoms with Gasteiger partial charge in [-0.2, -0.15) is 0 Å². The van der Waals surface area contributed by atoms with Gasteiger partial charge in [0.25, 0.3) is 0 Å². The summed E-state index contributed by atoms with van der Waals surface area (Å²) in [5.41, 5.74) is 7.86. The fraction of sp³-hybridized carbons (Fsp3) is 0.167. The summed E-state index contributed by atoms with van der Waals surface area (Å²) in [6.45, 7) is 8.00. The minimum absolute atomic E-state index is 0.245. The van der Waals surface area contributed by atoms with E-state index in [0.29, 0.717) is 6.54 Å². The lowest BCUT2D eigenvalue weighted by Crippen LogP contribution is -2.20. The van der Waals surface area contributed by atoms with Crippen LogP contribution in [0, 0.1) is 12.4 Å². The molecular formula is C18H16FN2. The quantitative estimate of drug-likeness (QED) is 0.816. The van der Waals surface area contributed by atoms with Gasteiger partial charge in [0.2, 0.25) is 0 Å². The van der Waals surface area contributed by atoms with Gasteiger partial charge in [-0.25, -0.2) is 4.39 Å². The number of hydrogen-bond acceptors (Lipinski definition) is 0. The molecule has 0 bridgehead atoms. The Morgan fingerprint density at radius 3 is 3.10 bits per heavy atom. The molecule has 3 heteroatoms. The van der Waals surface area contributed by atoms with Crippen LogP contribution < -0.4 is 0 Å². The Bertz CT molecular complexity index is 780. The third kappa shape index (κ3) is 2.69. The van der Waals surface area contributed by atoms with E-state index in [1.165, 1.54) is 23.4 Å². The van der Waals surface area contributed by atoms with Gasteiger partial charge in [0.1, 0.15) is 5.82 Å². The van der Waals surface area contributed by atoms with E-state index in [4.69, 9.17) is 6.58 Å². The predicted octanol–water partition coefficient (Wildman–Crippen LogP) is 4.12. The molecular weight excluding hydrogens is 263 g/mol. The molecule has 1 aliphatic rings. The van der Waals surface area contributed by atoms with Gasteiger partial charge in [-0.3, -0.25) is 9.78 Å². The second kappa shape index (κ2) is 5.47. The van der Waals surface area contributed by atoms with Crippen LogP contribution in [0.1, 0.15) is 29.4 Å². The van der Waals surface area contributed by atoms with Gasteiger partial charge < -0.3 is 0 Å². The Morgan fingerprint density at radius 1 is 1.43 bits per heavy atom. The number of benzene rings is 1. The number of hydrogen-bond donors (Lipinski definition) is 1. The Balaban J connectivity index is 1.91. The summed E-state index contributed by atoms with van der Waals surface area (Å²) in [5, 5.41) is 3.28. The number of nitrogens with zero attached hydrogens (tertiary/aromatic N) is 1. The van der Waals surface area contributed by atoms with E-state index in [-0.39, 0.29) is 5.82 Å². The molecule has 105 valence electrons. The van der Waals surface area contributed by atoms with Gasteiger partial charge in [-0.05, 0) is 48.9 Å². The lowest BCUT2D eigenvalue weighted by Gasteiger charge is -2.21. The Kier molecular flexibility index (Phi) is 3.51. The molecule has 3 rings (SSSR count). The molecule has 0 saturated carbocycles. The van der Waals surface area contributed by atoms with Gasteiger partial charge in [-0.15, -0.1) is 5.73 Å². The summed E-state index contributed by atoms with van der Waals surface area (Å²) >= 11 is 0. The van der Waals surface area contributed by atoms with Gasteiger partial charge in [0.05, 0.1) is 17.9 Å². The first-order chi connectivity index (χ1) is 10.2. The Morgan fingerprint density at radius 2 is 2.29 bits per heavy atom.